The second-order valence-electron chi connectivity index (χ2n) is 6.76. The van der Waals surface area contributed by atoms with Gasteiger partial charge in [0.25, 0.3) is 11.8 Å². The molecule has 1 atom stereocenters. The average molecular weight is 398 g/mol. The summed E-state index contributed by atoms with van der Waals surface area (Å²) in [5, 5.41) is 0. The molecule has 7 nitrogen and oxygen atoms in total. The predicted molar refractivity (Wildman–Crippen MR) is 108 cm³/mol. The van der Waals surface area contributed by atoms with Crippen LogP contribution in [0.3, 0.4) is 0 Å². The fourth-order valence-electron chi connectivity index (χ4n) is 2.87. The fourth-order valence-corrected chi connectivity index (χ4v) is 2.87. The van der Waals surface area contributed by atoms with Crippen LogP contribution >= 0.6 is 0 Å². The zero-order chi connectivity index (χ0) is 20.5. The van der Waals surface area contributed by atoms with Crippen molar-refractivity contribution in [3.63, 3.8) is 0 Å². The van der Waals surface area contributed by atoms with E-state index < -0.39 is 11.8 Å². The molecule has 2 amide bonds. The van der Waals surface area contributed by atoms with E-state index in [4.69, 9.17) is 14.2 Å². The van der Waals surface area contributed by atoms with Gasteiger partial charge in [-0.15, -0.1) is 0 Å². The SMILES string of the molecule is CCc1ccc(OCC(=O)NNC(=O)c2ccc(OCC3CCCO3)cc2)cc1. The monoisotopic (exact) mass is 398 g/mol. The average Bonchev–Trinajstić information content (AvgIpc) is 3.29. The van der Waals surface area contributed by atoms with Crippen molar-refractivity contribution >= 4 is 11.8 Å². The molecule has 0 aromatic heterocycles. The quantitative estimate of drug-likeness (QED) is 0.668. The Kier molecular flexibility index (Phi) is 7.47. The van der Waals surface area contributed by atoms with Gasteiger partial charge >= 0.3 is 0 Å². The van der Waals surface area contributed by atoms with Crippen LogP contribution in [0.5, 0.6) is 11.5 Å². The van der Waals surface area contributed by atoms with Gasteiger partial charge in [0.1, 0.15) is 18.1 Å². The van der Waals surface area contributed by atoms with Gasteiger partial charge < -0.3 is 14.2 Å². The topological polar surface area (TPSA) is 85.9 Å². The third-order valence-corrected chi connectivity index (χ3v) is 4.59. The molecule has 1 saturated heterocycles. The Bertz CT molecular complexity index is 799. The van der Waals surface area contributed by atoms with Crippen molar-refractivity contribution in [2.24, 2.45) is 0 Å². The minimum atomic E-state index is -0.450. The zero-order valence-electron chi connectivity index (χ0n) is 16.5. The number of hydrogen-bond acceptors (Lipinski definition) is 5. The number of hydrogen-bond donors (Lipinski definition) is 2. The molecule has 154 valence electrons. The smallest absolute Gasteiger partial charge is 0.276 e. The molecule has 0 aliphatic carbocycles. The van der Waals surface area contributed by atoms with E-state index in [1.54, 1.807) is 24.3 Å². The third-order valence-electron chi connectivity index (χ3n) is 4.59. The van der Waals surface area contributed by atoms with Gasteiger partial charge in [-0.3, -0.25) is 20.4 Å². The molecule has 2 aromatic rings. The first-order valence-electron chi connectivity index (χ1n) is 9.79. The first-order chi connectivity index (χ1) is 14.1. The summed E-state index contributed by atoms with van der Waals surface area (Å²) in [7, 11) is 0. The number of benzene rings is 2. The summed E-state index contributed by atoms with van der Waals surface area (Å²) in [5.74, 6) is 0.400. The Hall–Kier alpha value is -3.06. The van der Waals surface area contributed by atoms with E-state index in [-0.39, 0.29) is 12.7 Å². The van der Waals surface area contributed by atoms with Crippen molar-refractivity contribution in [2.45, 2.75) is 32.3 Å². The fraction of sp³-hybridized carbons (Fsp3) is 0.364. The lowest BCUT2D eigenvalue weighted by Crippen LogP contribution is -2.43. The van der Waals surface area contributed by atoms with E-state index in [9.17, 15) is 9.59 Å². The zero-order valence-corrected chi connectivity index (χ0v) is 16.5. The lowest BCUT2D eigenvalue weighted by molar-refractivity contribution is -0.123. The molecule has 29 heavy (non-hydrogen) atoms. The number of rotatable bonds is 8. The Balaban J connectivity index is 1.38. The maximum Gasteiger partial charge on any atom is 0.276 e. The van der Waals surface area contributed by atoms with Crippen LogP contribution in [0.4, 0.5) is 0 Å². The molecular weight excluding hydrogens is 372 g/mol. The van der Waals surface area contributed by atoms with Crippen molar-refractivity contribution in [3.05, 3.63) is 59.7 Å². The van der Waals surface area contributed by atoms with Crippen LogP contribution in [0.2, 0.25) is 0 Å². The lowest BCUT2D eigenvalue weighted by Gasteiger charge is -2.12. The maximum absolute atomic E-state index is 12.1. The van der Waals surface area contributed by atoms with E-state index in [1.807, 2.05) is 24.3 Å². The van der Waals surface area contributed by atoms with Crippen LogP contribution in [-0.2, 0) is 16.0 Å². The summed E-state index contributed by atoms with van der Waals surface area (Å²) in [4.78, 5) is 24.0. The molecule has 2 N–H and O–H groups in total. The number of aryl methyl sites for hydroxylation is 1. The van der Waals surface area contributed by atoms with E-state index >= 15 is 0 Å². The molecule has 1 unspecified atom stereocenters. The number of carbonyl (C=O) groups is 2. The highest BCUT2D eigenvalue weighted by atomic mass is 16.5. The van der Waals surface area contributed by atoms with Gasteiger partial charge in [-0.1, -0.05) is 19.1 Å². The molecule has 1 fully saturated rings. The molecule has 0 saturated carbocycles. The Morgan fingerprint density at radius 3 is 2.34 bits per heavy atom. The summed E-state index contributed by atoms with van der Waals surface area (Å²) in [6, 6.07) is 14.2. The summed E-state index contributed by atoms with van der Waals surface area (Å²) in [5.41, 5.74) is 6.31. The van der Waals surface area contributed by atoms with Gasteiger partial charge in [-0.2, -0.15) is 0 Å². The van der Waals surface area contributed by atoms with Crippen molar-refractivity contribution in [2.75, 3.05) is 19.8 Å². The second kappa shape index (κ2) is 10.5. The number of hydrazine groups is 1. The van der Waals surface area contributed by atoms with Crippen LogP contribution in [0.1, 0.15) is 35.7 Å². The molecule has 0 radical (unpaired) electrons. The van der Waals surface area contributed by atoms with E-state index in [0.717, 1.165) is 25.9 Å². The van der Waals surface area contributed by atoms with Gasteiger partial charge in [0, 0.05) is 12.2 Å². The van der Waals surface area contributed by atoms with Gasteiger partial charge in [-0.05, 0) is 61.2 Å². The van der Waals surface area contributed by atoms with Gasteiger partial charge in [0.2, 0.25) is 0 Å². The molecule has 3 rings (SSSR count). The summed E-state index contributed by atoms with van der Waals surface area (Å²) in [6.45, 7) is 3.16. The van der Waals surface area contributed by atoms with E-state index in [1.165, 1.54) is 5.56 Å². The standard InChI is InChI=1S/C22H26N2O5/c1-2-16-5-9-18(10-6-16)29-15-21(25)23-24-22(26)17-7-11-19(12-8-17)28-14-20-4-3-13-27-20/h5-12,20H,2-4,13-15H2,1H3,(H,23,25)(H,24,26). The van der Waals surface area contributed by atoms with Crippen molar-refractivity contribution < 1.29 is 23.8 Å². The molecule has 0 spiro atoms. The lowest BCUT2D eigenvalue weighted by atomic mass is 10.2. The van der Waals surface area contributed by atoms with Crippen LogP contribution in [-0.4, -0.2) is 37.7 Å². The van der Waals surface area contributed by atoms with E-state index in [0.29, 0.717) is 23.7 Å². The molecule has 1 aliphatic heterocycles. The minimum Gasteiger partial charge on any atom is -0.491 e. The number of nitrogens with one attached hydrogen (secondary N) is 2. The van der Waals surface area contributed by atoms with Crippen molar-refractivity contribution in [1.82, 2.24) is 10.9 Å². The van der Waals surface area contributed by atoms with Gasteiger partial charge in [0.15, 0.2) is 6.61 Å². The van der Waals surface area contributed by atoms with Crippen molar-refractivity contribution in [3.8, 4) is 11.5 Å². The highest BCUT2D eigenvalue weighted by Gasteiger charge is 2.16. The minimum absolute atomic E-state index is 0.139. The Morgan fingerprint density at radius 1 is 1.00 bits per heavy atom. The molecule has 2 aromatic carbocycles. The van der Waals surface area contributed by atoms with Crippen LogP contribution in [0, 0.1) is 0 Å². The Morgan fingerprint density at radius 2 is 1.69 bits per heavy atom. The van der Waals surface area contributed by atoms with Crippen molar-refractivity contribution in [1.29, 1.82) is 0 Å². The maximum atomic E-state index is 12.1. The molecule has 0 bridgehead atoms. The first-order valence-corrected chi connectivity index (χ1v) is 9.79. The molecule has 1 aliphatic rings. The summed E-state index contributed by atoms with van der Waals surface area (Å²) in [6.07, 6.45) is 3.15. The number of amides is 2. The second-order valence-corrected chi connectivity index (χ2v) is 6.76. The highest BCUT2D eigenvalue weighted by Crippen LogP contribution is 2.16. The van der Waals surface area contributed by atoms with E-state index in [2.05, 4.69) is 17.8 Å². The van der Waals surface area contributed by atoms with Crippen LogP contribution in [0.25, 0.3) is 0 Å². The summed E-state index contributed by atoms with van der Waals surface area (Å²) >= 11 is 0. The highest BCUT2D eigenvalue weighted by molar-refractivity contribution is 5.95. The van der Waals surface area contributed by atoms with Crippen LogP contribution < -0.4 is 20.3 Å². The number of carbonyl (C=O) groups excluding carboxylic acids is 2. The largest absolute Gasteiger partial charge is 0.491 e. The molecular formula is C22H26N2O5. The Labute approximate surface area is 170 Å². The number of ether oxygens (including phenoxy) is 3. The third kappa shape index (κ3) is 6.50. The predicted octanol–water partition coefficient (Wildman–Crippen LogP) is 2.65. The molecule has 1 heterocycles. The summed E-state index contributed by atoms with van der Waals surface area (Å²) < 4.78 is 16.6. The van der Waals surface area contributed by atoms with Gasteiger partial charge in [0.05, 0.1) is 6.10 Å². The van der Waals surface area contributed by atoms with Crippen LogP contribution in [0.15, 0.2) is 48.5 Å². The van der Waals surface area contributed by atoms with Gasteiger partial charge in [-0.25, -0.2) is 0 Å². The molecule has 7 heteroatoms. The first kappa shape index (κ1) is 20.7. The normalized spacial score (nSPS) is 15.6.